The first kappa shape index (κ1) is 18.2. The topological polar surface area (TPSA) is 83.1 Å². The van der Waals surface area contributed by atoms with Crippen molar-refractivity contribution in [2.45, 2.75) is 49.7 Å². The summed E-state index contributed by atoms with van der Waals surface area (Å²) in [5, 5.41) is 5.02. The van der Waals surface area contributed by atoms with Gasteiger partial charge in [-0.2, -0.15) is 11.8 Å². The fourth-order valence-corrected chi connectivity index (χ4v) is 6.49. The van der Waals surface area contributed by atoms with Crippen molar-refractivity contribution < 1.29 is 19.7 Å². The van der Waals surface area contributed by atoms with Crippen LogP contribution in [0.25, 0.3) is 0 Å². The predicted molar refractivity (Wildman–Crippen MR) is 107 cm³/mol. The molecule has 3 amide bonds. The van der Waals surface area contributed by atoms with Gasteiger partial charge in [0.25, 0.3) is 5.91 Å². The first-order valence-corrected chi connectivity index (χ1v) is 11.6. The number of carbonyl (C=O) groups is 3. The van der Waals surface area contributed by atoms with Gasteiger partial charge in [-0.25, -0.2) is 0 Å². The number of benzene rings is 1. The van der Waals surface area contributed by atoms with Gasteiger partial charge < -0.3 is 10.6 Å². The van der Waals surface area contributed by atoms with Gasteiger partial charge in [0.15, 0.2) is 0 Å². The van der Waals surface area contributed by atoms with Crippen LogP contribution >= 0.6 is 11.8 Å². The van der Waals surface area contributed by atoms with Gasteiger partial charge in [-0.05, 0) is 30.9 Å². The largest absolute Gasteiger partial charge is 0.326 e. The molecule has 1 aromatic rings. The Kier molecular flexibility index (Phi) is 4.28. The zero-order valence-electron chi connectivity index (χ0n) is 16.0. The summed E-state index contributed by atoms with van der Waals surface area (Å²) in [6.07, 6.45) is 6.78. The van der Waals surface area contributed by atoms with Crippen LogP contribution in [0.5, 0.6) is 0 Å². The van der Waals surface area contributed by atoms with E-state index in [9.17, 15) is 14.4 Å². The Labute approximate surface area is 168 Å². The number of likely N-dealkylation sites (tertiary alicyclic amines) is 1. The lowest BCUT2D eigenvalue weighted by molar-refractivity contribution is -0.733. The predicted octanol–water partition coefficient (Wildman–Crippen LogP) is 1.08. The Morgan fingerprint density at radius 1 is 1.18 bits per heavy atom. The molecule has 1 saturated carbocycles. The highest BCUT2D eigenvalue weighted by molar-refractivity contribution is 7.98. The molecule has 3 fully saturated rings. The van der Waals surface area contributed by atoms with Gasteiger partial charge in [0.1, 0.15) is 17.9 Å². The highest BCUT2D eigenvalue weighted by Crippen LogP contribution is 2.50. The van der Waals surface area contributed by atoms with Crippen molar-refractivity contribution >= 4 is 35.2 Å². The molecule has 3 heterocycles. The molecule has 5 rings (SSSR count). The van der Waals surface area contributed by atoms with Crippen molar-refractivity contribution in [1.29, 1.82) is 0 Å². The molecule has 148 valence electrons. The molecule has 1 aliphatic carbocycles. The number of anilines is 1. The van der Waals surface area contributed by atoms with Crippen molar-refractivity contribution in [1.82, 2.24) is 4.90 Å². The lowest BCUT2D eigenvalue weighted by Crippen LogP contribution is -2.99. The third-order valence-electron chi connectivity index (χ3n) is 7.16. The van der Waals surface area contributed by atoms with E-state index in [4.69, 9.17) is 0 Å². The number of hydrogen-bond acceptors (Lipinski definition) is 4. The maximum atomic E-state index is 13.6. The Balaban J connectivity index is 1.61. The van der Waals surface area contributed by atoms with Crippen LogP contribution in [0.1, 0.15) is 37.7 Å². The average molecular weight is 401 g/mol. The summed E-state index contributed by atoms with van der Waals surface area (Å²) in [6.45, 7) is 0. The molecule has 6 nitrogen and oxygen atoms in total. The molecule has 3 N–H and O–H groups in total. The molecule has 7 heteroatoms. The van der Waals surface area contributed by atoms with Crippen molar-refractivity contribution in [3.8, 4) is 0 Å². The minimum absolute atomic E-state index is 0.0172. The van der Waals surface area contributed by atoms with Crippen LogP contribution in [0, 0.1) is 11.8 Å². The van der Waals surface area contributed by atoms with E-state index in [1.165, 1.54) is 0 Å². The number of amides is 3. The number of hydrogen-bond donors (Lipinski definition) is 2. The summed E-state index contributed by atoms with van der Waals surface area (Å²) in [6, 6.07) is 7.60. The number of nitrogens with two attached hydrogens (primary N) is 1. The number of nitrogens with zero attached hydrogens (tertiary/aromatic N) is 1. The van der Waals surface area contributed by atoms with E-state index in [-0.39, 0.29) is 29.8 Å². The molecule has 4 atom stereocenters. The van der Waals surface area contributed by atoms with Gasteiger partial charge >= 0.3 is 0 Å². The van der Waals surface area contributed by atoms with E-state index in [1.54, 1.807) is 16.7 Å². The summed E-state index contributed by atoms with van der Waals surface area (Å²) in [4.78, 5) is 41.9. The van der Waals surface area contributed by atoms with Gasteiger partial charge in [0.2, 0.25) is 17.4 Å². The van der Waals surface area contributed by atoms with E-state index >= 15 is 0 Å². The number of nitrogens with one attached hydrogen (secondary N) is 1. The average Bonchev–Trinajstić information content (AvgIpc) is 3.42. The van der Waals surface area contributed by atoms with E-state index in [0.717, 1.165) is 49.1 Å². The third kappa shape index (κ3) is 2.29. The van der Waals surface area contributed by atoms with Crippen molar-refractivity contribution in [3.05, 3.63) is 29.8 Å². The quantitative estimate of drug-likeness (QED) is 0.741. The van der Waals surface area contributed by atoms with Gasteiger partial charge in [-0.3, -0.25) is 19.3 Å². The fourth-order valence-electron chi connectivity index (χ4n) is 5.98. The van der Waals surface area contributed by atoms with Crippen molar-refractivity contribution in [2.24, 2.45) is 11.8 Å². The number of fused-ring (bicyclic) bond motifs is 4. The van der Waals surface area contributed by atoms with E-state index in [1.807, 2.05) is 35.8 Å². The summed E-state index contributed by atoms with van der Waals surface area (Å²) in [5.41, 5.74) is 0.619. The number of para-hydroxylation sites is 1. The fraction of sp³-hybridized carbons (Fsp3) is 0.571. The minimum Gasteiger partial charge on any atom is -0.326 e. The summed E-state index contributed by atoms with van der Waals surface area (Å²) in [7, 11) is 0. The Bertz CT molecular complexity index is 853. The van der Waals surface area contributed by atoms with E-state index < -0.39 is 17.4 Å². The number of imide groups is 1. The third-order valence-corrected chi connectivity index (χ3v) is 7.80. The zero-order chi connectivity index (χ0) is 19.5. The molecule has 0 aromatic heterocycles. The summed E-state index contributed by atoms with van der Waals surface area (Å²) < 4.78 is 0. The Morgan fingerprint density at radius 2 is 1.93 bits per heavy atom. The van der Waals surface area contributed by atoms with Crippen LogP contribution in [-0.2, 0) is 19.9 Å². The smallest absolute Gasteiger partial charge is 0.291 e. The van der Waals surface area contributed by atoms with Crippen LogP contribution in [0.4, 0.5) is 5.69 Å². The minimum atomic E-state index is -1.01. The molecule has 28 heavy (non-hydrogen) atoms. The molecule has 1 aromatic carbocycles. The highest BCUT2D eigenvalue weighted by atomic mass is 32.2. The standard InChI is InChI=1S/C21H25N3O3S/c1-28-11-10-15-16-17(19(26)24(18(16)25)12-6-2-3-7-12)21(23-15)13-8-4-5-9-14(13)22-20(21)27/h4-5,8-9,12,15-17,23H,2-3,6-7,10-11H2,1H3,(H,22,27)/p+1/t15-,16+,17-,21-/m0/s1. The second kappa shape index (κ2) is 6.59. The second-order valence-corrected chi connectivity index (χ2v) is 9.45. The molecule has 0 unspecified atom stereocenters. The SMILES string of the molecule is CSCC[C@@H]1[NH2+][C@]2(C(=O)Nc3ccccc32)[C@@H]2C(=O)N(C3CCCC3)C(=O)[C@H]12. The van der Waals surface area contributed by atoms with Crippen LogP contribution in [0.2, 0.25) is 0 Å². The van der Waals surface area contributed by atoms with E-state index in [0.29, 0.717) is 0 Å². The maximum Gasteiger partial charge on any atom is 0.291 e. The van der Waals surface area contributed by atoms with Gasteiger partial charge in [-0.1, -0.05) is 31.0 Å². The van der Waals surface area contributed by atoms with Gasteiger partial charge in [-0.15, -0.1) is 0 Å². The number of rotatable bonds is 4. The molecule has 2 saturated heterocycles. The summed E-state index contributed by atoms with van der Waals surface area (Å²) in [5.74, 6) is -0.415. The van der Waals surface area contributed by atoms with Crippen molar-refractivity contribution in [3.63, 3.8) is 0 Å². The summed E-state index contributed by atoms with van der Waals surface area (Å²) >= 11 is 1.74. The highest BCUT2D eigenvalue weighted by Gasteiger charge is 2.74. The van der Waals surface area contributed by atoms with Crippen LogP contribution < -0.4 is 10.6 Å². The number of thioether (sulfide) groups is 1. The monoisotopic (exact) mass is 400 g/mol. The van der Waals surface area contributed by atoms with Crippen LogP contribution in [-0.4, -0.2) is 46.7 Å². The van der Waals surface area contributed by atoms with E-state index in [2.05, 4.69) is 5.32 Å². The molecule has 0 radical (unpaired) electrons. The zero-order valence-corrected chi connectivity index (χ0v) is 16.8. The molecule has 4 aliphatic rings. The Morgan fingerprint density at radius 3 is 2.68 bits per heavy atom. The van der Waals surface area contributed by atoms with Gasteiger partial charge in [0.05, 0.1) is 5.69 Å². The van der Waals surface area contributed by atoms with Gasteiger partial charge in [0, 0.05) is 18.0 Å². The molecular weight excluding hydrogens is 374 g/mol. The molecule has 3 aliphatic heterocycles. The number of carbonyl (C=O) groups excluding carboxylic acids is 3. The van der Waals surface area contributed by atoms with Crippen LogP contribution in [0.15, 0.2) is 24.3 Å². The lowest BCUT2D eigenvalue weighted by Gasteiger charge is -2.28. The number of quaternary nitrogens is 1. The first-order chi connectivity index (χ1) is 13.6. The maximum absolute atomic E-state index is 13.6. The molecule has 1 spiro atoms. The van der Waals surface area contributed by atoms with Crippen LogP contribution in [0.3, 0.4) is 0 Å². The lowest BCUT2D eigenvalue weighted by atomic mass is 9.76. The van der Waals surface area contributed by atoms with Crippen molar-refractivity contribution in [2.75, 3.05) is 17.3 Å². The second-order valence-electron chi connectivity index (χ2n) is 8.47. The Hall–Kier alpha value is -1.86. The normalized spacial score (nSPS) is 34.4. The molecular formula is C21H26N3O3S+. The molecule has 0 bridgehead atoms. The first-order valence-electron chi connectivity index (χ1n) is 10.2.